The monoisotopic (exact) mass is 412 g/mol. The van der Waals surface area contributed by atoms with E-state index in [9.17, 15) is 9.59 Å². The number of para-hydroxylation sites is 2. The van der Waals surface area contributed by atoms with Gasteiger partial charge in [-0.05, 0) is 44.4 Å². The van der Waals surface area contributed by atoms with E-state index in [4.69, 9.17) is 9.47 Å². The first-order chi connectivity index (χ1) is 14.5. The molecule has 0 radical (unpaired) electrons. The van der Waals surface area contributed by atoms with Crippen LogP contribution in [-0.4, -0.2) is 49.1 Å². The van der Waals surface area contributed by atoms with Gasteiger partial charge in [-0.1, -0.05) is 49.4 Å². The van der Waals surface area contributed by atoms with Crippen molar-refractivity contribution in [2.45, 2.75) is 45.7 Å². The van der Waals surface area contributed by atoms with Crippen molar-refractivity contribution >= 4 is 11.8 Å². The molecule has 0 aliphatic rings. The van der Waals surface area contributed by atoms with E-state index in [1.807, 2.05) is 56.3 Å². The molecule has 2 aromatic rings. The first-order valence-electron chi connectivity index (χ1n) is 10.4. The summed E-state index contributed by atoms with van der Waals surface area (Å²) in [6, 6.07) is 16.5. The van der Waals surface area contributed by atoms with E-state index >= 15 is 0 Å². The Hall–Kier alpha value is -3.02. The molecule has 0 fully saturated rings. The molecular formula is C24H32N2O4. The van der Waals surface area contributed by atoms with Crippen molar-refractivity contribution in [1.29, 1.82) is 0 Å². The molecule has 2 atom stereocenters. The van der Waals surface area contributed by atoms with Gasteiger partial charge in [-0.25, -0.2) is 0 Å². The Balaban J connectivity index is 2.09. The Morgan fingerprint density at radius 2 is 1.63 bits per heavy atom. The van der Waals surface area contributed by atoms with Crippen LogP contribution in [0.15, 0.2) is 54.6 Å². The van der Waals surface area contributed by atoms with Crippen LogP contribution >= 0.6 is 0 Å². The van der Waals surface area contributed by atoms with E-state index in [1.165, 1.54) is 0 Å². The Morgan fingerprint density at radius 1 is 1.00 bits per heavy atom. The number of rotatable bonds is 11. The normalized spacial score (nSPS) is 12.5. The third-order valence-corrected chi connectivity index (χ3v) is 5.07. The topological polar surface area (TPSA) is 67.9 Å². The summed E-state index contributed by atoms with van der Waals surface area (Å²) in [4.78, 5) is 27.3. The van der Waals surface area contributed by atoms with Crippen LogP contribution in [0.4, 0.5) is 0 Å². The van der Waals surface area contributed by atoms with Gasteiger partial charge in [0.25, 0.3) is 5.91 Å². The zero-order valence-electron chi connectivity index (χ0n) is 18.3. The molecule has 0 saturated heterocycles. The average Bonchev–Trinajstić information content (AvgIpc) is 2.78. The Labute approximate surface area is 179 Å². The molecule has 0 saturated carbocycles. The van der Waals surface area contributed by atoms with Crippen LogP contribution in [0.5, 0.6) is 11.5 Å². The van der Waals surface area contributed by atoms with Gasteiger partial charge in [-0.2, -0.15) is 0 Å². The number of amides is 2. The van der Waals surface area contributed by atoms with Crippen LogP contribution in [0.25, 0.3) is 0 Å². The fraction of sp³-hybridized carbons (Fsp3) is 0.417. The van der Waals surface area contributed by atoms with E-state index in [0.29, 0.717) is 24.5 Å². The summed E-state index contributed by atoms with van der Waals surface area (Å²) in [5, 5.41) is 2.96. The summed E-state index contributed by atoms with van der Waals surface area (Å²) in [6.07, 6.45) is 1.48. The third kappa shape index (κ3) is 6.79. The molecule has 6 heteroatoms. The lowest BCUT2D eigenvalue weighted by Crippen LogP contribution is -2.51. The van der Waals surface area contributed by atoms with Crippen LogP contribution < -0.4 is 14.8 Å². The molecule has 2 rings (SSSR count). The minimum absolute atomic E-state index is 0.0517. The summed E-state index contributed by atoms with van der Waals surface area (Å²) in [5.74, 6) is 0.642. The highest BCUT2D eigenvalue weighted by atomic mass is 16.5. The molecule has 0 spiro atoms. The second kappa shape index (κ2) is 11.9. The van der Waals surface area contributed by atoms with Gasteiger partial charge < -0.3 is 19.7 Å². The molecule has 0 unspecified atom stereocenters. The van der Waals surface area contributed by atoms with Crippen molar-refractivity contribution < 1.29 is 19.1 Å². The standard InChI is InChI=1S/C24H32N2O4/c1-5-18(2)25-24(28)19(3)26(16-15-20-11-7-6-8-12-20)23(27)17-30-22-14-10-9-13-21(22)29-4/h6-14,18-19H,5,15-17H2,1-4H3,(H,25,28)/t18-,19+/m0/s1. The number of carbonyl (C=O) groups excluding carboxylic acids is 2. The molecule has 162 valence electrons. The molecule has 0 bridgehead atoms. The van der Waals surface area contributed by atoms with Crippen LogP contribution in [0.1, 0.15) is 32.8 Å². The molecular weight excluding hydrogens is 380 g/mol. The van der Waals surface area contributed by atoms with Gasteiger partial charge in [0, 0.05) is 12.6 Å². The lowest BCUT2D eigenvalue weighted by atomic mass is 10.1. The maximum Gasteiger partial charge on any atom is 0.261 e. The predicted molar refractivity (Wildman–Crippen MR) is 118 cm³/mol. The highest BCUT2D eigenvalue weighted by molar-refractivity contribution is 5.88. The fourth-order valence-electron chi connectivity index (χ4n) is 3.00. The molecule has 0 aromatic heterocycles. The molecule has 2 aromatic carbocycles. The summed E-state index contributed by atoms with van der Waals surface area (Å²) in [7, 11) is 1.55. The summed E-state index contributed by atoms with van der Waals surface area (Å²) in [6.45, 7) is 5.97. The van der Waals surface area contributed by atoms with Gasteiger partial charge in [0.2, 0.25) is 5.91 Å². The number of nitrogens with zero attached hydrogens (tertiary/aromatic N) is 1. The zero-order valence-corrected chi connectivity index (χ0v) is 18.3. The number of carbonyl (C=O) groups is 2. The minimum atomic E-state index is -0.600. The quantitative estimate of drug-likeness (QED) is 0.614. The maximum atomic E-state index is 13.0. The smallest absolute Gasteiger partial charge is 0.261 e. The van der Waals surface area contributed by atoms with E-state index in [1.54, 1.807) is 31.1 Å². The number of nitrogens with one attached hydrogen (secondary N) is 1. The van der Waals surface area contributed by atoms with Crippen molar-refractivity contribution in [2.24, 2.45) is 0 Å². The summed E-state index contributed by atoms with van der Waals surface area (Å²) >= 11 is 0. The van der Waals surface area contributed by atoms with Crippen molar-refractivity contribution in [2.75, 3.05) is 20.3 Å². The van der Waals surface area contributed by atoms with Gasteiger partial charge in [-0.3, -0.25) is 9.59 Å². The lowest BCUT2D eigenvalue weighted by molar-refractivity contribution is -0.141. The van der Waals surface area contributed by atoms with Crippen LogP contribution in [0.3, 0.4) is 0 Å². The molecule has 6 nitrogen and oxygen atoms in total. The summed E-state index contributed by atoms with van der Waals surface area (Å²) in [5.41, 5.74) is 1.11. The number of hydrogen-bond donors (Lipinski definition) is 1. The highest BCUT2D eigenvalue weighted by Gasteiger charge is 2.27. The van der Waals surface area contributed by atoms with Crippen LogP contribution in [0.2, 0.25) is 0 Å². The Bertz CT molecular complexity index is 810. The Kier molecular flexibility index (Phi) is 9.19. The Morgan fingerprint density at radius 3 is 2.27 bits per heavy atom. The third-order valence-electron chi connectivity index (χ3n) is 5.07. The van der Waals surface area contributed by atoms with Crippen molar-refractivity contribution in [3.63, 3.8) is 0 Å². The first-order valence-corrected chi connectivity index (χ1v) is 10.4. The highest BCUT2D eigenvalue weighted by Crippen LogP contribution is 2.25. The molecule has 1 N–H and O–H groups in total. The number of methoxy groups -OCH3 is 1. The van der Waals surface area contributed by atoms with Gasteiger partial charge in [0.05, 0.1) is 7.11 Å². The average molecular weight is 413 g/mol. The van der Waals surface area contributed by atoms with Gasteiger partial charge in [0.1, 0.15) is 6.04 Å². The fourth-order valence-corrected chi connectivity index (χ4v) is 3.00. The zero-order chi connectivity index (χ0) is 21.9. The number of benzene rings is 2. The van der Waals surface area contributed by atoms with Crippen LogP contribution in [-0.2, 0) is 16.0 Å². The van der Waals surface area contributed by atoms with Crippen molar-refractivity contribution in [1.82, 2.24) is 10.2 Å². The molecule has 30 heavy (non-hydrogen) atoms. The maximum absolute atomic E-state index is 13.0. The van der Waals surface area contributed by atoms with E-state index in [0.717, 1.165) is 12.0 Å². The number of hydrogen-bond acceptors (Lipinski definition) is 4. The minimum Gasteiger partial charge on any atom is -0.493 e. The largest absolute Gasteiger partial charge is 0.493 e. The van der Waals surface area contributed by atoms with Crippen molar-refractivity contribution in [3.05, 3.63) is 60.2 Å². The molecule has 2 amide bonds. The second-order valence-electron chi connectivity index (χ2n) is 7.26. The number of ether oxygens (including phenoxy) is 2. The van der Waals surface area contributed by atoms with Gasteiger partial charge in [-0.15, -0.1) is 0 Å². The SMILES string of the molecule is CC[C@H](C)NC(=O)[C@@H](C)N(CCc1ccccc1)C(=O)COc1ccccc1OC. The summed E-state index contributed by atoms with van der Waals surface area (Å²) < 4.78 is 11.0. The van der Waals surface area contributed by atoms with E-state index in [2.05, 4.69) is 5.32 Å². The molecule has 0 aliphatic carbocycles. The second-order valence-corrected chi connectivity index (χ2v) is 7.26. The van der Waals surface area contributed by atoms with E-state index < -0.39 is 6.04 Å². The van der Waals surface area contributed by atoms with Gasteiger partial charge >= 0.3 is 0 Å². The lowest BCUT2D eigenvalue weighted by Gasteiger charge is -2.29. The van der Waals surface area contributed by atoms with Crippen LogP contribution in [0, 0.1) is 0 Å². The van der Waals surface area contributed by atoms with E-state index in [-0.39, 0.29) is 24.5 Å². The van der Waals surface area contributed by atoms with Gasteiger partial charge in [0.15, 0.2) is 18.1 Å². The predicted octanol–water partition coefficient (Wildman–Crippen LogP) is 3.45. The first kappa shape index (κ1) is 23.3. The van der Waals surface area contributed by atoms with Crippen molar-refractivity contribution in [3.8, 4) is 11.5 Å². The molecule has 0 aliphatic heterocycles. The molecule has 0 heterocycles.